The van der Waals surface area contributed by atoms with Gasteiger partial charge in [-0.3, -0.25) is 4.79 Å². The van der Waals surface area contributed by atoms with Crippen molar-refractivity contribution in [1.82, 2.24) is 0 Å². The summed E-state index contributed by atoms with van der Waals surface area (Å²) in [6, 6.07) is 5.28. The number of halogens is 1. The Kier molecular flexibility index (Phi) is 3.93. The maximum atomic E-state index is 12.3. The molecule has 1 aromatic carbocycles. The van der Waals surface area contributed by atoms with E-state index in [0.717, 1.165) is 12.1 Å². The summed E-state index contributed by atoms with van der Waals surface area (Å²) in [4.78, 5) is 14.1. The third-order valence-corrected chi connectivity index (χ3v) is 3.49. The predicted molar refractivity (Wildman–Crippen MR) is 74.9 cm³/mol. The molecule has 0 radical (unpaired) electrons. The fourth-order valence-corrected chi connectivity index (χ4v) is 2.56. The molecule has 1 aromatic rings. The van der Waals surface area contributed by atoms with E-state index in [1.807, 2.05) is 18.2 Å². The SMILES string of the molecule is CC(C)C[C@H](N)C(=O)N1CCc2ccc(Cl)cc21. The van der Waals surface area contributed by atoms with E-state index in [9.17, 15) is 4.79 Å². The molecule has 0 fully saturated rings. The summed E-state index contributed by atoms with van der Waals surface area (Å²) >= 11 is 5.99. The van der Waals surface area contributed by atoms with Crippen molar-refractivity contribution in [3.05, 3.63) is 28.8 Å². The van der Waals surface area contributed by atoms with Crippen LogP contribution >= 0.6 is 11.6 Å². The summed E-state index contributed by atoms with van der Waals surface area (Å²) in [7, 11) is 0. The molecule has 2 rings (SSSR count). The van der Waals surface area contributed by atoms with Gasteiger partial charge in [-0.15, -0.1) is 0 Å². The fraction of sp³-hybridized carbons (Fsp3) is 0.500. The minimum atomic E-state index is -0.421. The lowest BCUT2D eigenvalue weighted by Gasteiger charge is -2.22. The van der Waals surface area contributed by atoms with Crippen LogP contribution in [0.1, 0.15) is 25.8 Å². The lowest BCUT2D eigenvalue weighted by Crippen LogP contribution is -2.43. The normalized spacial score (nSPS) is 15.9. The van der Waals surface area contributed by atoms with Gasteiger partial charge in [0.25, 0.3) is 0 Å². The molecule has 0 saturated carbocycles. The van der Waals surface area contributed by atoms with Gasteiger partial charge in [-0.25, -0.2) is 0 Å². The number of carbonyl (C=O) groups excluding carboxylic acids is 1. The average molecular weight is 267 g/mol. The molecule has 4 heteroatoms. The fourth-order valence-electron chi connectivity index (χ4n) is 2.39. The number of nitrogens with zero attached hydrogens (tertiary/aromatic N) is 1. The minimum Gasteiger partial charge on any atom is -0.320 e. The number of amides is 1. The van der Waals surface area contributed by atoms with Crippen molar-refractivity contribution in [2.45, 2.75) is 32.7 Å². The Morgan fingerprint density at radius 2 is 2.22 bits per heavy atom. The van der Waals surface area contributed by atoms with Crippen LogP contribution in [0, 0.1) is 5.92 Å². The van der Waals surface area contributed by atoms with E-state index in [0.29, 0.717) is 23.9 Å². The van der Waals surface area contributed by atoms with E-state index in [-0.39, 0.29) is 5.91 Å². The molecular weight excluding hydrogens is 248 g/mol. The standard InChI is InChI=1S/C14H19ClN2O/c1-9(2)7-12(16)14(18)17-6-5-10-3-4-11(15)8-13(10)17/h3-4,8-9,12H,5-7,16H2,1-2H3/t12-/m0/s1. The van der Waals surface area contributed by atoms with Gasteiger partial charge in [0.2, 0.25) is 5.91 Å². The first-order valence-electron chi connectivity index (χ1n) is 6.34. The smallest absolute Gasteiger partial charge is 0.243 e. The minimum absolute atomic E-state index is 0.00437. The molecule has 0 saturated heterocycles. The van der Waals surface area contributed by atoms with Crippen molar-refractivity contribution >= 4 is 23.2 Å². The molecule has 0 aliphatic carbocycles. The third-order valence-electron chi connectivity index (χ3n) is 3.25. The highest BCUT2D eigenvalue weighted by atomic mass is 35.5. The largest absolute Gasteiger partial charge is 0.320 e. The molecule has 18 heavy (non-hydrogen) atoms. The van der Waals surface area contributed by atoms with Crippen LogP contribution in [0.5, 0.6) is 0 Å². The maximum Gasteiger partial charge on any atom is 0.243 e. The van der Waals surface area contributed by atoms with E-state index in [1.54, 1.807) is 4.90 Å². The summed E-state index contributed by atoms with van der Waals surface area (Å²) in [6.07, 6.45) is 1.60. The van der Waals surface area contributed by atoms with Crippen LogP contribution in [-0.2, 0) is 11.2 Å². The Balaban J connectivity index is 2.17. The first-order valence-corrected chi connectivity index (χ1v) is 6.72. The van der Waals surface area contributed by atoms with Crippen molar-refractivity contribution in [1.29, 1.82) is 0 Å². The highest BCUT2D eigenvalue weighted by molar-refractivity contribution is 6.31. The van der Waals surface area contributed by atoms with Crippen LogP contribution in [0.4, 0.5) is 5.69 Å². The van der Waals surface area contributed by atoms with Gasteiger partial charge in [0.1, 0.15) is 0 Å². The highest BCUT2D eigenvalue weighted by Crippen LogP contribution is 2.31. The van der Waals surface area contributed by atoms with Crippen LogP contribution in [0.3, 0.4) is 0 Å². The van der Waals surface area contributed by atoms with Crippen molar-refractivity contribution < 1.29 is 4.79 Å². The Hall–Kier alpha value is -1.06. The monoisotopic (exact) mass is 266 g/mol. The van der Waals surface area contributed by atoms with Gasteiger partial charge in [-0.2, -0.15) is 0 Å². The van der Waals surface area contributed by atoms with Crippen molar-refractivity contribution in [3.63, 3.8) is 0 Å². The molecule has 0 aromatic heterocycles. The van der Waals surface area contributed by atoms with Gasteiger partial charge in [0, 0.05) is 17.3 Å². The predicted octanol–water partition coefficient (Wildman–Crippen LogP) is 2.60. The Morgan fingerprint density at radius 3 is 2.89 bits per heavy atom. The zero-order valence-electron chi connectivity index (χ0n) is 10.8. The molecule has 98 valence electrons. The molecule has 0 bridgehead atoms. The quantitative estimate of drug-likeness (QED) is 0.914. The number of benzene rings is 1. The average Bonchev–Trinajstić information content (AvgIpc) is 2.69. The van der Waals surface area contributed by atoms with E-state index in [2.05, 4.69) is 13.8 Å². The number of hydrogen-bond donors (Lipinski definition) is 1. The topological polar surface area (TPSA) is 46.3 Å². The van der Waals surface area contributed by atoms with Crippen LogP contribution in [-0.4, -0.2) is 18.5 Å². The number of rotatable bonds is 3. The van der Waals surface area contributed by atoms with Crippen molar-refractivity contribution in [2.75, 3.05) is 11.4 Å². The summed E-state index contributed by atoms with van der Waals surface area (Å²) in [5.41, 5.74) is 8.06. The molecule has 0 unspecified atom stereocenters. The van der Waals surface area contributed by atoms with E-state index in [4.69, 9.17) is 17.3 Å². The molecular formula is C14H19ClN2O. The Morgan fingerprint density at radius 1 is 1.50 bits per heavy atom. The molecule has 1 aliphatic heterocycles. The lowest BCUT2D eigenvalue weighted by atomic mass is 10.0. The Labute approximate surface area is 113 Å². The maximum absolute atomic E-state index is 12.3. The van der Waals surface area contributed by atoms with E-state index >= 15 is 0 Å². The van der Waals surface area contributed by atoms with Crippen LogP contribution in [0.25, 0.3) is 0 Å². The summed E-state index contributed by atoms with van der Waals surface area (Å²) < 4.78 is 0. The van der Waals surface area contributed by atoms with Crippen LogP contribution in [0.2, 0.25) is 5.02 Å². The molecule has 2 N–H and O–H groups in total. The highest BCUT2D eigenvalue weighted by Gasteiger charge is 2.28. The zero-order chi connectivity index (χ0) is 13.3. The second kappa shape index (κ2) is 5.29. The number of carbonyl (C=O) groups is 1. The number of hydrogen-bond acceptors (Lipinski definition) is 2. The van der Waals surface area contributed by atoms with Crippen LogP contribution < -0.4 is 10.6 Å². The van der Waals surface area contributed by atoms with Gasteiger partial charge in [0.15, 0.2) is 0 Å². The van der Waals surface area contributed by atoms with Crippen molar-refractivity contribution in [2.24, 2.45) is 11.7 Å². The van der Waals surface area contributed by atoms with Gasteiger partial charge in [-0.1, -0.05) is 31.5 Å². The molecule has 1 amide bonds. The number of anilines is 1. The van der Waals surface area contributed by atoms with Gasteiger partial charge in [-0.05, 0) is 36.5 Å². The van der Waals surface area contributed by atoms with Gasteiger partial charge < -0.3 is 10.6 Å². The van der Waals surface area contributed by atoms with E-state index in [1.165, 1.54) is 5.56 Å². The lowest BCUT2D eigenvalue weighted by molar-refractivity contribution is -0.120. The second-order valence-electron chi connectivity index (χ2n) is 5.25. The van der Waals surface area contributed by atoms with Crippen molar-refractivity contribution in [3.8, 4) is 0 Å². The molecule has 1 atom stereocenters. The summed E-state index contributed by atoms with van der Waals surface area (Å²) in [5.74, 6) is 0.426. The first kappa shape index (κ1) is 13.4. The summed E-state index contributed by atoms with van der Waals surface area (Å²) in [6.45, 7) is 4.85. The Bertz CT molecular complexity index is 459. The summed E-state index contributed by atoms with van der Waals surface area (Å²) in [5, 5.41) is 0.658. The second-order valence-corrected chi connectivity index (χ2v) is 5.69. The first-order chi connectivity index (χ1) is 8.49. The molecule has 0 spiro atoms. The number of nitrogens with two attached hydrogens (primary N) is 1. The molecule has 3 nitrogen and oxygen atoms in total. The number of fused-ring (bicyclic) bond motifs is 1. The van der Waals surface area contributed by atoms with E-state index < -0.39 is 6.04 Å². The zero-order valence-corrected chi connectivity index (χ0v) is 11.6. The van der Waals surface area contributed by atoms with Gasteiger partial charge >= 0.3 is 0 Å². The molecule has 1 heterocycles. The van der Waals surface area contributed by atoms with Crippen LogP contribution in [0.15, 0.2) is 18.2 Å². The molecule has 1 aliphatic rings. The van der Waals surface area contributed by atoms with Gasteiger partial charge in [0.05, 0.1) is 6.04 Å². The third kappa shape index (κ3) is 2.68.